The number of urea groups is 1. The highest BCUT2D eigenvalue weighted by Gasteiger charge is 2.33. The maximum absolute atomic E-state index is 13.3. The second-order valence-corrected chi connectivity index (χ2v) is 7.81. The van der Waals surface area contributed by atoms with Crippen LogP contribution in [0.3, 0.4) is 0 Å². The number of azo groups is 1. The Hall–Kier alpha value is -3.87. The normalized spacial score (nSPS) is 13.6. The van der Waals surface area contributed by atoms with Crippen molar-refractivity contribution in [3.8, 4) is 5.75 Å². The van der Waals surface area contributed by atoms with Gasteiger partial charge in [-0.15, -0.1) is 5.11 Å². The van der Waals surface area contributed by atoms with Crippen LogP contribution < -0.4 is 32.2 Å². The van der Waals surface area contributed by atoms with Crippen LogP contribution in [0.15, 0.2) is 64.8 Å². The van der Waals surface area contributed by atoms with E-state index in [9.17, 15) is 14.4 Å². The molecule has 0 saturated heterocycles. The fraction of sp³-hybridized carbons (Fsp3) is 0.375. The summed E-state index contributed by atoms with van der Waals surface area (Å²) >= 11 is 0. The lowest BCUT2D eigenvalue weighted by Crippen LogP contribution is -2.62. The number of carbonyl (C=O) groups is 3. The molecule has 3 amide bonds. The minimum atomic E-state index is -1.10. The smallest absolute Gasteiger partial charge is 0.360 e. The lowest BCUT2D eigenvalue weighted by Gasteiger charge is -2.29. The summed E-state index contributed by atoms with van der Waals surface area (Å²) in [5, 5.41) is 15.6. The summed E-state index contributed by atoms with van der Waals surface area (Å²) in [6.07, 6.45) is -0.362. The lowest BCUT2D eigenvalue weighted by atomic mass is 10.0. The average Bonchev–Trinajstić information content (AvgIpc) is 2.89. The summed E-state index contributed by atoms with van der Waals surface area (Å²) in [7, 11) is 2.75. The molecule has 3 atom stereocenters. The molecular weight excluding hydrogens is 466 g/mol. The number of nitrogens with zero attached hydrogens (tertiary/aromatic N) is 2. The van der Waals surface area contributed by atoms with Crippen molar-refractivity contribution in [2.24, 2.45) is 21.7 Å². The molecule has 0 heterocycles. The monoisotopic (exact) mass is 499 g/mol. The second kappa shape index (κ2) is 14.5. The maximum Gasteiger partial charge on any atom is 0.360 e. The molecule has 0 bridgehead atoms. The van der Waals surface area contributed by atoms with E-state index in [0.717, 1.165) is 5.56 Å². The van der Waals surface area contributed by atoms with E-state index >= 15 is 0 Å². The number of benzene rings is 2. The van der Waals surface area contributed by atoms with Crippen LogP contribution in [0.4, 0.5) is 10.5 Å². The van der Waals surface area contributed by atoms with Crippen LogP contribution in [-0.4, -0.2) is 56.5 Å². The van der Waals surface area contributed by atoms with Crippen LogP contribution in [0.5, 0.6) is 5.75 Å². The fourth-order valence-corrected chi connectivity index (χ4v) is 3.39. The van der Waals surface area contributed by atoms with Gasteiger partial charge in [-0.05, 0) is 36.2 Å². The van der Waals surface area contributed by atoms with Gasteiger partial charge in [0, 0.05) is 12.5 Å². The molecule has 36 heavy (non-hydrogen) atoms. The molecule has 0 radical (unpaired) electrons. The minimum Gasteiger partial charge on any atom is -0.497 e. The van der Waals surface area contributed by atoms with Gasteiger partial charge < -0.3 is 31.6 Å². The van der Waals surface area contributed by atoms with Gasteiger partial charge in [-0.1, -0.05) is 42.4 Å². The third-order valence-electron chi connectivity index (χ3n) is 5.23. The predicted molar refractivity (Wildman–Crippen MR) is 133 cm³/mol. The van der Waals surface area contributed by atoms with Gasteiger partial charge in [-0.3, -0.25) is 10.1 Å². The van der Waals surface area contributed by atoms with Gasteiger partial charge in [-0.2, -0.15) is 0 Å². The largest absolute Gasteiger partial charge is 0.497 e. The standard InChI is InChI=1S/C24H33N7O5/c1-4-18(27-23(25)26)20(22(33)36-3)29-21(32)19(14-15-8-6-5-7-9-15)28-24(34)31-30-16-10-12-17(35-2)13-11-16/h5-13,18-20,23,27H,4,14,25-26H2,1-3H3,(H,28,34)(H,29,32)/b31-30+. The lowest BCUT2D eigenvalue weighted by molar-refractivity contribution is -0.146. The van der Waals surface area contributed by atoms with Crippen LogP contribution in [-0.2, 0) is 20.7 Å². The van der Waals surface area contributed by atoms with Crippen LogP contribution in [0, 0.1) is 0 Å². The Labute approximate surface area is 209 Å². The number of nitrogens with one attached hydrogen (secondary N) is 3. The predicted octanol–water partition coefficient (Wildman–Crippen LogP) is 1.33. The number of nitrogens with two attached hydrogens (primary N) is 2. The van der Waals surface area contributed by atoms with Crippen LogP contribution in [0.1, 0.15) is 18.9 Å². The zero-order valence-corrected chi connectivity index (χ0v) is 20.5. The van der Waals surface area contributed by atoms with E-state index in [1.54, 1.807) is 31.2 Å². The van der Waals surface area contributed by atoms with Crippen molar-refractivity contribution in [2.75, 3.05) is 14.2 Å². The van der Waals surface area contributed by atoms with Gasteiger partial charge in [0.15, 0.2) is 0 Å². The van der Waals surface area contributed by atoms with Crippen molar-refractivity contribution in [1.29, 1.82) is 0 Å². The van der Waals surface area contributed by atoms with E-state index < -0.39 is 42.3 Å². The van der Waals surface area contributed by atoms with Gasteiger partial charge in [0.25, 0.3) is 0 Å². The van der Waals surface area contributed by atoms with E-state index in [4.69, 9.17) is 20.9 Å². The maximum atomic E-state index is 13.3. The number of hydrogen-bond acceptors (Lipinski definition) is 9. The average molecular weight is 500 g/mol. The quantitative estimate of drug-likeness (QED) is 0.165. The highest BCUT2D eigenvalue weighted by molar-refractivity contribution is 5.91. The molecule has 12 heteroatoms. The second-order valence-electron chi connectivity index (χ2n) is 7.81. The van der Waals surface area contributed by atoms with Crippen molar-refractivity contribution in [3.05, 3.63) is 60.2 Å². The van der Waals surface area contributed by atoms with Crippen molar-refractivity contribution < 1.29 is 23.9 Å². The number of hydrogen-bond donors (Lipinski definition) is 5. The summed E-state index contributed by atoms with van der Waals surface area (Å²) in [5.74, 6) is -0.672. The molecule has 0 saturated carbocycles. The summed E-state index contributed by atoms with van der Waals surface area (Å²) in [6, 6.07) is 12.1. The minimum absolute atomic E-state index is 0.144. The molecule has 0 aliphatic heterocycles. The molecule has 12 nitrogen and oxygen atoms in total. The zero-order chi connectivity index (χ0) is 26.5. The highest BCUT2D eigenvalue weighted by atomic mass is 16.5. The molecule has 3 unspecified atom stereocenters. The molecule has 7 N–H and O–H groups in total. The van der Waals surface area contributed by atoms with E-state index in [2.05, 4.69) is 26.2 Å². The van der Waals surface area contributed by atoms with Crippen LogP contribution in [0.2, 0.25) is 0 Å². The third-order valence-corrected chi connectivity index (χ3v) is 5.23. The number of carbonyl (C=O) groups excluding carboxylic acids is 3. The first kappa shape index (κ1) is 28.4. The summed E-state index contributed by atoms with van der Waals surface area (Å²) in [4.78, 5) is 38.2. The van der Waals surface area contributed by atoms with Gasteiger partial charge in [0.2, 0.25) is 5.91 Å². The third kappa shape index (κ3) is 9.06. The van der Waals surface area contributed by atoms with Gasteiger partial charge in [-0.25, -0.2) is 9.59 Å². The Morgan fingerprint density at radius 2 is 1.64 bits per heavy atom. The first-order valence-corrected chi connectivity index (χ1v) is 11.3. The van der Waals surface area contributed by atoms with Gasteiger partial charge >= 0.3 is 12.0 Å². The van der Waals surface area contributed by atoms with Crippen LogP contribution in [0.25, 0.3) is 0 Å². The molecular formula is C24H33N7O5. The van der Waals surface area contributed by atoms with Crippen LogP contribution >= 0.6 is 0 Å². The zero-order valence-electron chi connectivity index (χ0n) is 20.5. The van der Waals surface area contributed by atoms with Gasteiger partial charge in [0.05, 0.1) is 19.9 Å². The summed E-state index contributed by atoms with van der Waals surface area (Å²) in [6.45, 7) is 1.80. The summed E-state index contributed by atoms with van der Waals surface area (Å²) < 4.78 is 9.94. The molecule has 0 aromatic heterocycles. The van der Waals surface area contributed by atoms with E-state index in [-0.39, 0.29) is 6.42 Å². The topological polar surface area (TPSA) is 183 Å². The molecule has 0 aliphatic carbocycles. The Balaban J connectivity index is 2.21. The van der Waals surface area contributed by atoms with E-state index in [0.29, 0.717) is 17.9 Å². The van der Waals surface area contributed by atoms with Crippen molar-refractivity contribution in [3.63, 3.8) is 0 Å². The number of ether oxygens (including phenoxy) is 2. The molecule has 2 aromatic rings. The Kier molecular flexibility index (Phi) is 11.4. The van der Waals surface area contributed by atoms with E-state index in [1.807, 2.05) is 30.3 Å². The fourth-order valence-electron chi connectivity index (χ4n) is 3.39. The van der Waals surface area contributed by atoms with Crippen molar-refractivity contribution in [2.45, 2.75) is 44.2 Å². The molecule has 2 rings (SSSR count). The number of methoxy groups -OCH3 is 2. The van der Waals surface area contributed by atoms with E-state index in [1.165, 1.54) is 14.2 Å². The molecule has 0 fully saturated rings. The molecule has 0 aliphatic rings. The molecule has 2 aromatic carbocycles. The Morgan fingerprint density at radius 3 is 2.19 bits per heavy atom. The number of esters is 1. The van der Waals surface area contributed by atoms with Crippen molar-refractivity contribution >= 4 is 23.6 Å². The SMILES string of the molecule is CCC(NC(N)N)C(NC(=O)C(Cc1ccccc1)NC(=O)/N=N/c1ccc(OC)cc1)C(=O)OC. The number of amides is 3. The van der Waals surface area contributed by atoms with Crippen molar-refractivity contribution in [1.82, 2.24) is 16.0 Å². The molecule has 194 valence electrons. The Bertz CT molecular complexity index is 1020. The summed E-state index contributed by atoms with van der Waals surface area (Å²) in [5.41, 5.74) is 12.5. The number of rotatable bonds is 12. The highest BCUT2D eigenvalue weighted by Crippen LogP contribution is 2.18. The first-order valence-electron chi connectivity index (χ1n) is 11.3. The molecule has 0 spiro atoms. The first-order chi connectivity index (χ1) is 17.3. The van der Waals surface area contributed by atoms with Gasteiger partial charge in [0.1, 0.15) is 24.1 Å². The Morgan fingerprint density at radius 1 is 0.972 bits per heavy atom.